The van der Waals surface area contributed by atoms with E-state index >= 15 is 0 Å². The molecule has 0 aliphatic rings. The average molecular weight is 349 g/mol. The Morgan fingerprint density at radius 1 is 0.905 bits per heavy atom. The lowest BCUT2D eigenvalue weighted by Gasteiger charge is -2.12. The van der Waals surface area contributed by atoms with Gasteiger partial charge in [-0.3, -0.25) is 0 Å². The van der Waals surface area contributed by atoms with Crippen molar-refractivity contribution in [1.82, 2.24) is 0 Å². The van der Waals surface area contributed by atoms with Gasteiger partial charge in [0.05, 0.1) is 0 Å². The van der Waals surface area contributed by atoms with Gasteiger partial charge in [-0.05, 0) is 30.4 Å². The Kier molecular flexibility index (Phi) is 4.82. The number of phenols is 1. The van der Waals surface area contributed by atoms with Crippen LogP contribution in [0.1, 0.15) is 0 Å². The van der Waals surface area contributed by atoms with Gasteiger partial charge in [-0.25, -0.2) is 8.78 Å². The van der Waals surface area contributed by atoms with Crippen LogP contribution in [-0.4, -0.2) is 10.2 Å². The molecule has 21 heavy (non-hydrogen) atoms. The number of halogens is 4. The second-order valence-electron chi connectivity index (χ2n) is 4.03. The Morgan fingerprint density at radius 3 is 1.81 bits per heavy atom. The summed E-state index contributed by atoms with van der Waals surface area (Å²) < 4.78 is 26.4. The van der Waals surface area contributed by atoms with Gasteiger partial charge in [0.1, 0.15) is 0 Å². The Hall–Kier alpha value is -1.63. The largest absolute Gasteiger partial charge is 0.503 e. The number of hydrogen-bond donors (Lipinski definition) is 3. The number of thiocarbonyl (C=S) groups is 1. The highest BCUT2D eigenvalue weighted by atomic mass is 35.5. The molecule has 0 unspecified atom stereocenters. The lowest BCUT2D eigenvalue weighted by Crippen LogP contribution is -2.19. The molecule has 0 heterocycles. The molecule has 0 aliphatic heterocycles. The number of phenolic OH excluding ortho intramolecular Hbond substituents is 1. The van der Waals surface area contributed by atoms with Crippen LogP contribution in [0, 0.1) is 11.6 Å². The van der Waals surface area contributed by atoms with Gasteiger partial charge in [0.15, 0.2) is 22.5 Å². The number of anilines is 2. The lowest BCUT2D eigenvalue weighted by molar-refractivity contribution is 0.397. The quantitative estimate of drug-likeness (QED) is 0.539. The maximum Gasteiger partial charge on any atom is 0.187 e. The van der Waals surface area contributed by atoms with Gasteiger partial charge in [0.25, 0.3) is 0 Å². The maximum atomic E-state index is 13.2. The molecular formula is C13H8Cl2F2N2OS. The summed E-state index contributed by atoms with van der Waals surface area (Å²) in [5.74, 6) is -3.22. The number of rotatable bonds is 2. The van der Waals surface area contributed by atoms with E-state index in [0.29, 0.717) is 15.7 Å². The van der Waals surface area contributed by atoms with Gasteiger partial charge in [-0.1, -0.05) is 23.2 Å². The standard InChI is InChI=1S/C13H8Cl2F2N2OS/c14-6-1-7(15)3-8(2-6)18-13(21)19-9-4-10(16)12(20)11(17)5-9/h1-5,20H,(H2,18,19,21). The molecule has 0 bridgehead atoms. The Balaban J connectivity index is 2.11. The predicted molar refractivity (Wildman–Crippen MR) is 84.3 cm³/mol. The molecule has 0 atom stereocenters. The Bertz CT molecular complexity index is 669. The highest BCUT2D eigenvalue weighted by molar-refractivity contribution is 7.80. The minimum atomic E-state index is -1.09. The smallest absolute Gasteiger partial charge is 0.187 e. The third-order valence-electron chi connectivity index (χ3n) is 2.40. The topological polar surface area (TPSA) is 44.3 Å². The molecule has 0 spiro atoms. The van der Waals surface area contributed by atoms with Gasteiger partial charge in [-0.2, -0.15) is 0 Å². The van der Waals surface area contributed by atoms with E-state index in [4.69, 9.17) is 40.5 Å². The van der Waals surface area contributed by atoms with Crippen molar-refractivity contribution in [2.45, 2.75) is 0 Å². The van der Waals surface area contributed by atoms with Crippen LogP contribution in [0.5, 0.6) is 5.75 Å². The van der Waals surface area contributed by atoms with Gasteiger partial charge >= 0.3 is 0 Å². The second-order valence-corrected chi connectivity index (χ2v) is 5.31. The zero-order valence-electron chi connectivity index (χ0n) is 10.3. The van der Waals surface area contributed by atoms with Crippen molar-refractivity contribution in [3.05, 3.63) is 52.0 Å². The molecule has 0 radical (unpaired) electrons. The summed E-state index contributed by atoms with van der Waals surface area (Å²) in [5, 5.41) is 15.3. The molecule has 110 valence electrons. The molecule has 8 heteroatoms. The summed E-state index contributed by atoms with van der Waals surface area (Å²) >= 11 is 16.7. The van der Waals surface area contributed by atoms with Gasteiger partial charge in [0.2, 0.25) is 0 Å². The van der Waals surface area contributed by atoms with Gasteiger partial charge in [-0.15, -0.1) is 0 Å². The molecule has 0 saturated heterocycles. The first-order valence-corrected chi connectivity index (χ1v) is 6.73. The van der Waals surface area contributed by atoms with Crippen LogP contribution in [0.4, 0.5) is 20.2 Å². The van der Waals surface area contributed by atoms with Crippen LogP contribution in [0.25, 0.3) is 0 Å². The summed E-state index contributed by atoms with van der Waals surface area (Å²) in [6.07, 6.45) is 0. The number of hydrogen-bond acceptors (Lipinski definition) is 2. The van der Waals surface area contributed by atoms with Gasteiger partial charge in [0, 0.05) is 33.6 Å². The molecule has 0 aliphatic carbocycles. The molecular weight excluding hydrogens is 341 g/mol. The molecule has 0 saturated carbocycles. The first-order valence-electron chi connectivity index (χ1n) is 5.57. The molecule has 2 rings (SSSR count). The van der Waals surface area contributed by atoms with Crippen LogP contribution < -0.4 is 10.6 Å². The molecule has 3 N–H and O–H groups in total. The van der Waals surface area contributed by atoms with Crippen LogP contribution in [0.15, 0.2) is 30.3 Å². The Labute approximate surface area is 134 Å². The van der Waals surface area contributed by atoms with Crippen LogP contribution in [0.2, 0.25) is 10.0 Å². The monoisotopic (exact) mass is 348 g/mol. The highest BCUT2D eigenvalue weighted by Gasteiger charge is 2.10. The van der Waals surface area contributed by atoms with Crippen molar-refractivity contribution < 1.29 is 13.9 Å². The van der Waals surface area contributed by atoms with Crippen molar-refractivity contribution in [2.24, 2.45) is 0 Å². The minimum Gasteiger partial charge on any atom is -0.503 e. The van der Waals surface area contributed by atoms with Crippen LogP contribution >= 0.6 is 35.4 Å². The normalized spacial score (nSPS) is 10.3. The molecule has 2 aromatic carbocycles. The summed E-state index contributed by atoms with van der Waals surface area (Å²) in [4.78, 5) is 0. The van der Waals surface area contributed by atoms with E-state index in [0.717, 1.165) is 12.1 Å². The summed E-state index contributed by atoms with van der Waals surface area (Å²) in [7, 11) is 0. The summed E-state index contributed by atoms with van der Waals surface area (Å²) in [5.41, 5.74) is 0.568. The number of aromatic hydroxyl groups is 1. The fourth-order valence-corrected chi connectivity index (χ4v) is 2.32. The Morgan fingerprint density at radius 2 is 1.33 bits per heavy atom. The average Bonchev–Trinajstić information content (AvgIpc) is 2.34. The fourth-order valence-electron chi connectivity index (χ4n) is 1.56. The lowest BCUT2D eigenvalue weighted by atomic mass is 10.2. The zero-order valence-corrected chi connectivity index (χ0v) is 12.6. The van der Waals surface area contributed by atoms with E-state index in [1.165, 1.54) is 0 Å². The van der Waals surface area contributed by atoms with Crippen molar-refractivity contribution in [3.63, 3.8) is 0 Å². The first kappa shape index (κ1) is 15.8. The molecule has 0 fully saturated rings. The second kappa shape index (κ2) is 6.43. The van der Waals surface area contributed by atoms with E-state index in [-0.39, 0.29) is 10.8 Å². The number of nitrogens with one attached hydrogen (secondary N) is 2. The maximum absolute atomic E-state index is 13.2. The SMILES string of the molecule is Oc1c(F)cc(NC(=S)Nc2cc(Cl)cc(Cl)c2)cc1F. The van der Waals surface area contributed by atoms with Crippen molar-refractivity contribution in [1.29, 1.82) is 0 Å². The van der Waals surface area contributed by atoms with Crippen molar-refractivity contribution in [2.75, 3.05) is 10.6 Å². The highest BCUT2D eigenvalue weighted by Crippen LogP contribution is 2.25. The van der Waals surface area contributed by atoms with Gasteiger partial charge < -0.3 is 15.7 Å². The van der Waals surface area contributed by atoms with Crippen molar-refractivity contribution in [3.8, 4) is 5.75 Å². The molecule has 2 aromatic rings. The van der Waals surface area contributed by atoms with E-state index in [1.807, 2.05) is 0 Å². The van der Waals surface area contributed by atoms with E-state index < -0.39 is 17.4 Å². The van der Waals surface area contributed by atoms with Crippen LogP contribution in [0.3, 0.4) is 0 Å². The first-order chi connectivity index (χ1) is 9.85. The zero-order chi connectivity index (χ0) is 15.6. The van der Waals surface area contributed by atoms with Crippen LogP contribution in [-0.2, 0) is 0 Å². The van der Waals surface area contributed by atoms with Crippen molar-refractivity contribution >= 4 is 51.9 Å². The third kappa shape index (κ3) is 4.17. The predicted octanol–water partition coefficient (Wildman–Crippen LogP) is 4.79. The molecule has 0 aromatic heterocycles. The minimum absolute atomic E-state index is 0.0495. The summed E-state index contributed by atoms with van der Waals surface area (Å²) in [6, 6.07) is 6.54. The third-order valence-corrected chi connectivity index (χ3v) is 3.04. The molecule has 0 amide bonds. The van der Waals surface area contributed by atoms with E-state index in [1.54, 1.807) is 18.2 Å². The van der Waals surface area contributed by atoms with E-state index in [9.17, 15) is 8.78 Å². The summed E-state index contributed by atoms with van der Waals surface area (Å²) in [6.45, 7) is 0. The van der Waals surface area contributed by atoms with E-state index in [2.05, 4.69) is 10.6 Å². The molecule has 3 nitrogen and oxygen atoms in total. The fraction of sp³-hybridized carbons (Fsp3) is 0. The number of benzene rings is 2.